The van der Waals surface area contributed by atoms with Crippen LogP contribution in [-0.4, -0.2) is 28.1 Å². The zero-order chi connectivity index (χ0) is 19.5. The predicted molar refractivity (Wildman–Crippen MR) is 111 cm³/mol. The number of carboxylic acid groups (broad SMARTS) is 1. The van der Waals surface area contributed by atoms with Crippen molar-refractivity contribution in [2.45, 2.75) is 31.7 Å². The van der Waals surface area contributed by atoms with Crippen LogP contribution >= 0.6 is 11.3 Å². The number of urea groups is 1. The fraction of sp³-hybridized carbons (Fsp3) is 0.286. The molecule has 7 heteroatoms. The number of nitrogens with one attached hydrogen (secondary N) is 2. The number of benzene rings is 2. The topological polar surface area (TPSA) is 91.3 Å². The van der Waals surface area contributed by atoms with Crippen LogP contribution in [0.25, 0.3) is 20.8 Å². The van der Waals surface area contributed by atoms with Crippen LogP contribution < -0.4 is 10.6 Å². The van der Waals surface area contributed by atoms with Gasteiger partial charge in [0, 0.05) is 11.6 Å². The van der Waals surface area contributed by atoms with Crippen molar-refractivity contribution in [3.63, 3.8) is 0 Å². The van der Waals surface area contributed by atoms with Crippen LogP contribution in [0.2, 0.25) is 0 Å². The molecule has 0 aliphatic heterocycles. The summed E-state index contributed by atoms with van der Waals surface area (Å²) < 4.78 is 1.10. The summed E-state index contributed by atoms with van der Waals surface area (Å²) in [4.78, 5) is 28.2. The van der Waals surface area contributed by atoms with E-state index in [-0.39, 0.29) is 18.0 Å². The van der Waals surface area contributed by atoms with Crippen molar-refractivity contribution in [1.29, 1.82) is 0 Å². The van der Waals surface area contributed by atoms with E-state index >= 15 is 0 Å². The summed E-state index contributed by atoms with van der Waals surface area (Å²) in [5.41, 5.74) is 2.53. The number of carboxylic acids is 1. The van der Waals surface area contributed by atoms with Crippen molar-refractivity contribution in [3.05, 3.63) is 48.5 Å². The van der Waals surface area contributed by atoms with E-state index in [1.807, 2.05) is 48.5 Å². The fourth-order valence-electron chi connectivity index (χ4n) is 3.59. The molecule has 1 heterocycles. The molecular weight excluding hydrogens is 374 g/mol. The highest BCUT2D eigenvalue weighted by molar-refractivity contribution is 7.21. The first-order valence-corrected chi connectivity index (χ1v) is 10.2. The monoisotopic (exact) mass is 395 g/mol. The van der Waals surface area contributed by atoms with Gasteiger partial charge >= 0.3 is 12.0 Å². The Labute approximate surface area is 166 Å². The highest BCUT2D eigenvalue weighted by Crippen LogP contribution is 2.34. The Hall–Kier alpha value is -2.93. The van der Waals surface area contributed by atoms with Gasteiger partial charge in [-0.15, -0.1) is 11.3 Å². The summed E-state index contributed by atoms with van der Waals surface area (Å²) in [7, 11) is 0. The van der Waals surface area contributed by atoms with Gasteiger partial charge in [0.25, 0.3) is 0 Å². The Morgan fingerprint density at radius 2 is 1.71 bits per heavy atom. The lowest BCUT2D eigenvalue weighted by molar-refractivity contribution is -0.142. The molecule has 4 rings (SSSR count). The molecule has 0 unspecified atom stereocenters. The van der Waals surface area contributed by atoms with Gasteiger partial charge < -0.3 is 15.7 Å². The first-order chi connectivity index (χ1) is 13.6. The van der Waals surface area contributed by atoms with Crippen LogP contribution in [-0.2, 0) is 4.79 Å². The van der Waals surface area contributed by atoms with Gasteiger partial charge in [0.05, 0.1) is 21.8 Å². The molecule has 0 spiro atoms. The maximum Gasteiger partial charge on any atom is 0.319 e. The van der Waals surface area contributed by atoms with Gasteiger partial charge in [0.1, 0.15) is 5.01 Å². The normalized spacial score (nSPS) is 19.3. The van der Waals surface area contributed by atoms with E-state index in [0.29, 0.717) is 31.4 Å². The molecule has 1 fully saturated rings. The summed E-state index contributed by atoms with van der Waals surface area (Å²) in [5, 5.41) is 15.9. The Kier molecular flexibility index (Phi) is 5.25. The van der Waals surface area contributed by atoms with E-state index in [9.17, 15) is 9.59 Å². The zero-order valence-corrected chi connectivity index (χ0v) is 16.0. The molecule has 6 nitrogen and oxygen atoms in total. The number of carbonyl (C=O) groups is 2. The third-order valence-electron chi connectivity index (χ3n) is 5.11. The van der Waals surface area contributed by atoms with Crippen LogP contribution in [0.1, 0.15) is 25.7 Å². The number of rotatable bonds is 4. The van der Waals surface area contributed by atoms with E-state index in [2.05, 4.69) is 15.6 Å². The average Bonchev–Trinajstić information content (AvgIpc) is 3.12. The first kappa shape index (κ1) is 18.4. The predicted octanol–water partition coefficient (Wildman–Crippen LogP) is 4.73. The molecule has 0 atom stereocenters. The van der Waals surface area contributed by atoms with Gasteiger partial charge in [-0.05, 0) is 49.9 Å². The number of thiazole rings is 1. The molecule has 28 heavy (non-hydrogen) atoms. The van der Waals surface area contributed by atoms with E-state index in [4.69, 9.17) is 5.11 Å². The molecule has 1 aromatic heterocycles. The molecule has 1 aliphatic carbocycles. The summed E-state index contributed by atoms with van der Waals surface area (Å²) >= 11 is 1.59. The fourth-order valence-corrected chi connectivity index (χ4v) is 4.60. The van der Waals surface area contributed by atoms with Crippen molar-refractivity contribution in [3.8, 4) is 10.6 Å². The molecular formula is C21H21N3O3S. The Balaban J connectivity index is 1.45. The number of anilines is 1. The maximum atomic E-state index is 12.5. The second kappa shape index (κ2) is 7.98. The van der Waals surface area contributed by atoms with Gasteiger partial charge in [0.15, 0.2) is 0 Å². The minimum atomic E-state index is -0.743. The number of fused-ring (bicyclic) bond motifs is 1. The second-order valence-corrected chi connectivity index (χ2v) is 8.05. The summed E-state index contributed by atoms with van der Waals surface area (Å²) in [6.45, 7) is 0. The number of amides is 2. The third kappa shape index (κ3) is 3.99. The number of hydrogen-bond donors (Lipinski definition) is 3. The molecule has 0 saturated heterocycles. The minimum absolute atomic E-state index is 0.00483. The number of carbonyl (C=O) groups excluding carboxylic acids is 1. The van der Waals surface area contributed by atoms with E-state index in [1.54, 1.807) is 11.3 Å². The van der Waals surface area contributed by atoms with Crippen LogP contribution in [0.5, 0.6) is 0 Å². The van der Waals surface area contributed by atoms with Gasteiger partial charge in [-0.3, -0.25) is 4.79 Å². The van der Waals surface area contributed by atoms with Crippen molar-refractivity contribution >= 4 is 39.2 Å². The lowest BCUT2D eigenvalue weighted by atomic mass is 9.86. The Bertz CT molecular complexity index is 976. The number of aromatic nitrogens is 1. The quantitative estimate of drug-likeness (QED) is 0.596. The lowest BCUT2D eigenvalue weighted by Gasteiger charge is -2.27. The summed E-state index contributed by atoms with van der Waals surface area (Å²) in [5.74, 6) is -1.03. The largest absolute Gasteiger partial charge is 0.481 e. The average molecular weight is 395 g/mol. The van der Waals surface area contributed by atoms with Crippen molar-refractivity contribution in [2.24, 2.45) is 5.92 Å². The van der Waals surface area contributed by atoms with E-state index in [0.717, 1.165) is 20.8 Å². The smallest absolute Gasteiger partial charge is 0.319 e. The molecule has 1 aliphatic rings. The van der Waals surface area contributed by atoms with Crippen LogP contribution in [0.15, 0.2) is 48.5 Å². The van der Waals surface area contributed by atoms with Crippen molar-refractivity contribution < 1.29 is 14.7 Å². The molecule has 3 aromatic rings. The van der Waals surface area contributed by atoms with Crippen LogP contribution in [0, 0.1) is 5.92 Å². The highest BCUT2D eigenvalue weighted by atomic mass is 32.1. The standard InChI is InChI=1S/C21H21N3O3S/c25-20(26)13-9-11-14(12-10-13)22-21(27)24-16-6-2-1-5-15(16)19-23-17-7-3-4-8-18(17)28-19/h1-8,13-14H,9-12H2,(H,25,26)(H2,22,24,27). The van der Waals surface area contributed by atoms with E-state index in [1.165, 1.54) is 0 Å². The lowest BCUT2D eigenvalue weighted by Crippen LogP contribution is -2.41. The Morgan fingerprint density at radius 1 is 1.00 bits per heavy atom. The zero-order valence-electron chi connectivity index (χ0n) is 15.2. The molecule has 2 amide bonds. The third-order valence-corrected chi connectivity index (χ3v) is 6.18. The molecule has 3 N–H and O–H groups in total. The Morgan fingerprint density at radius 3 is 2.46 bits per heavy atom. The van der Waals surface area contributed by atoms with Gasteiger partial charge in [-0.1, -0.05) is 24.3 Å². The van der Waals surface area contributed by atoms with E-state index < -0.39 is 5.97 Å². The molecule has 0 radical (unpaired) electrons. The highest BCUT2D eigenvalue weighted by Gasteiger charge is 2.26. The molecule has 144 valence electrons. The second-order valence-electron chi connectivity index (χ2n) is 7.02. The molecule has 2 aromatic carbocycles. The van der Waals surface area contributed by atoms with Gasteiger partial charge in [0.2, 0.25) is 0 Å². The van der Waals surface area contributed by atoms with Gasteiger partial charge in [-0.25, -0.2) is 9.78 Å². The number of para-hydroxylation sites is 2. The summed E-state index contributed by atoms with van der Waals surface area (Å²) in [6.07, 6.45) is 2.57. The van der Waals surface area contributed by atoms with Crippen molar-refractivity contribution in [1.82, 2.24) is 10.3 Å². The van der Waals surface area contributed by atoms with Crippen molar-refractivity contribution in [2.75, 3.05) is 5.32 Å². The number of nitrogens with zero attached hydrogens (tertiary/aromatic N) is 1. The number of hydrogen-bond acceptors (Lipinski definition) is 4. The van der Waals surface area contributed by atoms with Crippen LogP contribution in [0.3, 0.4) is 0 Å². The first-order valence-electron chi connectivity index (χ1n) is 9.35. The molecule has 0 bridgehead atoms. The number of aliphatic carboxylic acids is 1. The maximum absolute atomic E-state index is 12.5. The SMILES string of the molecule is O=C(Nc1ccccc1-c1nc2ccccc2s1)NC1CCC(C(=O)O)CC1. The summed E-state index contributed by atoms with van der Waals surface area (Å²) in [6, 6.07) is 15.3. The van der Waals surface area contributed by atoms with Gasteiger partial charge in [-0.2, -0.15) is 0 Å². The van der Waals surface area contributed by atoms with Crippen LogP contribution in [0.4, 0.5) is 10.5 Å². The molecule has 1 saturated carbocycles. The minimum Gasteiger partial charge on any atom is -0.481 e.